The van der Waals surface area contributed by atoms with Crippen LogP contribution in [-0.4, -0.2) is 30.1 Å². The summed E-state index contributed by atoms with van der Waals surface area (Å²) in [6.07, 6.45) is 7.39. The zero-order valence-electron chi connectivity index (χ0n) is 9.07. The minimum atomic E-state index is -0.280. The Morgan fingerprint density at radius 1 is 1.41 bits per heavy atom. The van der Waals surface area contributed by atoms with Gasteiger partial charge in [-0.3, -0.25) is 9.98 Å². The van der Waals surface area contributed by atoms with Crippen molar-refractivity contribution < 1.29 is 0 Å². The Hall–Kier alpha value is -1.75. The number of nitrogens with one attached hydrogen (secondary N) is 3. The van der Waals surface area contributed by atoms with Crippen LogP contribution in [0.1, 0.15) is 0 Å². The van der Waals surface area contributed by atoms with Gasteiger partial charge in [-0.05, 0) is 12.2 Å². The van der Waals surface area contributed by atoms with Gasteiger partial charge in [0.25, 0.3) is 0 Å². The molecule has 0 fully saturated rings. The molecule has 2 aliphatic heterocycles. The summed E-state index contributed by atoms with van der Waals surface area (Å²) < 4.78 is 0. The summed E-state index contributed by atoms with van der Waals surface area (Å²) in [4.78, 5) is 8.56. The molecule has 0 amide bonds. The monoisotopic (exact) mass is 249 g/mol. The molecule has 0 aromatic rings. The van der Waals surface area contributed by atoms with E-state index in [-0.39, 0.29) is 5.38 Å². The van der Waals surface area contributed by atoms with Crippen LogP contribution in [0, 0.1) is 0 Å². The fourth-order valence-corrected chi connectivity index (χ4v) is 2.15. The first-order valence-electron chi connectivity index (χ1n) is 5.45. The van der Waals surface area contributed by atoms with Gasteiger partial charge in [-0.1, -0.05) is 0 Å². The highest BCUT2D eigenvalue weighted by molar-refractivity contribution is 6.37. The highest BCUT2D eigenvalue weighted by Gasteiger charge is 2.26. The quantitative estimate of drug-likeness (QED) is 0.591. The van der Waals surface area contributed by atoms with Gasteiger partial charge in [0.15, 0.2) is 5.96 Å². The second-order valence-corrected chi connectivity index (χ2v) is 4.26. The molecule has 0 spiro atoms. The van der Waals surface area contributed by atoms with Crippen LogP contribution in [0.3, 0.4) is 0 Å². The van der Waals surface area contributed by atoms with Crippen LogP contribution in [0.4, 0.5) is 0 Å². The summed E-state index contributed by atoms with van der Waals surface area (Å²) in [5.41, 5.74) is 2.66. The van der Waals surface area contributed by atoms with Gasteiger partial charge in [0.2, 0.25) is 0 Å². The van der Waals surface area contributed by atoms with Gasteiger partial charge >= 0.3 is 0 Å². The lowest BCUT2D eigenvalue weighted by Gasteiger charge is -2.24. The fraction of sp³-hybridized carbons (Fsp3) is 0.273. The normalized spacial score (nSPS) is 25.8. The number of alkyl halides is 1. The zero-order chi connectivity index (χ0) is 11.7. The Bertz CT molecular complexity index is 486. The Balaban J connectivity index is 1.82. The molecule has 1 aliphatic carbocycles. The number of aliphatic imine (C=N–C) groups is 2. The summed E-state index contributed by atoms with van der Waals surface area (Å²) in [7, 11) is 0. The fourth-order valence-electron chi connectivity index (χ4n) is 1.85. The molecule has 0 saturated carbocycles. The van der Waals surface area contributed by atoms with Gasteiger partial charge in [0.1, 0.15) is 5.38 Å². The summed E-state index contributed by atoms with van der Waals surface area (Å²) >= 11 is 6.38. The Kier molecular flexibility index (Phi) is 2.60. The number of allylic oxidation sites excluding steroid dienone is 4. The molecule has 2 heterocycles. The Morgan fingerprint density at radius 3 is 3.18 bits per heavy atom. The second kappa shape index (κ2) is 4.25. The number of halogens is 1. The second-order valence-electron chi connectivity index (χ2n) is 3.82. The number of guanidine groups is 1. The van der Waals surface area contributed by atoms with Gasteiger partial charge in [-0.25, -0.2) is 0 Å². The van der Waals surface area contributed by atoms with Crippen LogP contribution in [0.15, 0.2) is 45.9 Å². The molecule has 5 nitrogen and oxygen atoms in total. The standard InChI is InChI=1S/C11H12ClN5/c12-9-7(17-11-15-5-6-16-11)1-2-8-10(9)14-4-3-13-8/h1-4,9,13H,5-6H2,(H2,15,16,17). The molecule has 3 aliphatic rings. The van der Waals surface area contributed by atoms with Gasteiger partial charge < -0.3 is 16.0 Å². The van der Waals surface area contributed by atoms with Crippen molar-refractivity contribution in [3.63, 3.8) is 0 Å². The molecule has 17 heavy (non-hydrogen) atoms. The minimum Gasteiger partial charge on any atom is -0.359 e. The number of hydrogen-bond donors (Lipinski definition) is 3. The molecule has 0 aromatic heterocycles. The third kappa shape index (κ3) is 1.93. The average Bonchev–Trinajstić information content (AvgIpc) is 2.86. The van der Waals surface area contributed by atoms with Crippen molar-refractivity contribution in [3.8, 4) is 0 Å². The van der Waals surface area contributed by atoms with Crippen LogP contribution in [0.5, 0.6) is 0 Å². The highest BCUT2D eigenvalue weighted by Crippen LogP contribution is 2.21. The maximum atomic E-state index is 6.38. The van der Waals surface area contributed by atoms with E-state index in [0.29, 0.717) is 0 Å². The first kappa shape index (κ1) is 10.4. The smallest absolute Gasteiger partial charge is 0.195 e. The van der Waals surface area contributed by atoms with E-state index in [1.807, 2.05) is 12.2 Å². The average molecular weight is 250 g/mol. The predicted octanol–water partition coefficient (Wildman–Crippen LogP) is 0.439. The van der Waals surface area contributed by atoms with E-state index in [4.69, 9.17) is 11.6 Å². The Labute approximate surface area is 104 Å². The van der Waals surface area contributed by atoms with Crippen molar-refractivity contribution in [3.05, 3.63) is 35.9 Å². The van der Waals surface area contributed by atoms with Gasteiger partial charge in [-0.2, -0.15) is 0 Å². The van der Waals surface area contributed by atoms with Crippen molar-refractivity contribution in [1.82, 2.24) is 16.0 Å². The predicted molar refractivity (Wildman–Crippen MR) is 69.0 cm³/mol. The molecule has 88 valence electrons. The van der Waals surface area contributed by atoms with E-state index in [0.717, 1.165) is 36.2 Å². The number of fused-ring (bicyclic) bond motifs is 1. The summed E-state index contributed by atoms with van der Waals surface area (Å²) in [6.45, 7) is 1.67. The van der Waals surface area contributed by atoms with E-state index >= 15 is 0 Å². The molecule has 1 atom stereocenters. The summed E-state index contributed by atoms with van der Waals surface area (Å²) in [5.74, 6) is 0.777. The van der Waals surface area contributed by atoms with E-state index in [1.165, 1.54) is 0 Å². The molecular formula is C11H12ClN5. The number of rotatable bonds is 1. The maximum absolute atomic E-state index is 6.38. The molecule has 3 rings (SSSR count). The molecule has 0 saturated heterocycles. The van der Waals surface area contributed by atoms with Gasteiger partial charge in [0, 0.05) is 24.6 Å². The lowest BCUT2D eigenvalue weighted by Crippen LogP contribution is -2.40. The third-order valence-electron chi connectivity index (χ3n) is 2.68. The Morgan fingerprint density at radius 2 is 2.35 bits per heavy atom. The van der Waals surface area contributed by atoms with Crippen LogP contribution < -0.4 is 16.0 Å². The number of nitrogens with zero attached hydrogens (tertiary/aromatic N) is 2. The van der Waals surface area contributed by atoms with Crippen molar-refractivity contribution in [2.45, 2.75) is 5.38 Å². The minimum absolute atomic E-state index is 0.280. The van der Waals surface area contributed by atoms with Crippen molar-refractivity contribution in [2.24, 2.45) is 9.98 Å². The van der Waals surface area contributed by atoms with E-state index < -0.39 is 0 Å². The molecule has 1 unspecified atom stereocenters. The topological polar surface area (TPSA) is 60.8 Å². The lowest BCUT2D eigenvalue weighted by molar-refractivity contribution is 0.928. The van der Waals surface area contributed by atoms with Crippen LogP contribution in [0.2, 0.25) is 0 Å². The van der Waals surface area contributed by atoms with Crippen molar-refractivity contribution in [2.75, 3.05) is 13.1 Å². The largest absolute Gasteiger partial charge is 0.359 e. The van der Waals surface area contributed by atoms with Crippen molar-refractivity contribution >= 4 is 23.3 Å². The van der Waals surface area contributed by atoms with Gasteiger partial charge in [0.05, 0.1) is 18.0 Å². The number of hydrogen-bond acceptors (Lipinski definition) is 5. The summed E-state index contributed by atoms with van der Waals surface area (Å²) in [6, 6.07) is 0. The molecule has 6 heteroatoms. The van der Waals surface area contributed by atoms with Crippen LogP contribution in [0.25, 0.3) is 0 Å². The van der Waals surface area contributed by atoms with E-state index in [1.54, 1.807) is 12.4 Å². The van der Waals surface area contributed by atoms with E-state index in [9.17, 15) is 0 Å². The first-order chi connectivity index (χ1) is 8.34. The lowest BCUT2D eigenvalue weighted by atomic mass is 10.0. The van der Waals surface area contributed by atoms with E-state index in [2.05, 4.69) is 25.9 Å². The molecule has 0 aromatic carbocycles. The maximum Gasteiger partial charge on any atom is 0.195 e. The zero-order valence-corrected chi connectivity index (χ0v) is 9.83. The van der Waals surface area contributed by atoms with Crippen LogP contribution >= 0.6 is 11.6 Å². The highest BCUT2D eigenvalue weighted by atomic mass is 35.5. The molecule has 0 radical (unpaired) electrons. The van der Waals surface area contributed by atoms with Gasteiger partial charge in [-0.15, -0.1) is 11.6 Å². The molecule has 3 N–H and O–H groups in total. The SMILES string of the molecule is ClC1C(NC2=NCCN2)=CC=C2NC=CN=C21. The third-order valence-corrected chi connectivity index (χ3v) is 3.12. The van der Waals surface area contributed by atoms with Crippen LogP contribution in [-0.2, 0) is 0 Å². The first-order valence-corrected chi connectivity index (χ1v) is 5.89. The summed E-state index contributed by atoms with van der Waals surface area (Å²) in [5, 5.41) is 9.17. The molecular weight excluding hydrogens is 238 g/mol. The molecule has 0 bridgehead atoms. The van der Waals surface area contributed by atoms with Crippen molar-refractivity contribution in [1.29, 1.82) is 0 Å².